The van der Waals surface area contributed by atoms with Crippen LogP contribution in [0, 0.1) is 10.1 Å². The number of rotatable bonds is 5. The van der Waals surface area contributed by atoms with Crippen LogP contribution in [0.25, 0.3) is 0 Å². The highest BCUT2D eigenvalue weighted by molar-refractivity contribution is 7.92. The van der Waals surface area contributed by atoms with Crippen LogP contribution in [-0.2, 0) is 10.0 Å². The molecule has 2 rings (SSSR count). The second-order valence-corrected chi connectivity index (χ2v) is 6.88. The molecule has 0 aliphatic rings. The Balaban J connectivity index is 2.11. The van der Waals surface area contributed by atoms with Crippen molar-refractivity contribution in [1.29, 1.82) is 0 Å². The monoisotopic (exact) mass is 378 g/mol. The van der Waals surface area contributed by atoms with Crippen LogP contribution in [0.4, 0.5) is 11.4 Å². The fourth-order valence-electron chi connectivity index (χ4n) is 1.98. The lowest BCUT2D eigenvalue weighted by Gasteiger charge is -2.11. The molecule has 2 aromatic rings. The van der Waals surface area contributed by atoms with E-state index in [2.05, 4.69) is 15.6 Å². The number of sulfonamides is 1. The fourth-order valence-corrected chi connectivity index (χ4v) is 2.56. The quantitative estimate of drug-likeness (QED) is 0.523. The SMILES string of the molecule is CS(=O)(=O)Nc1ccccc1C(=O)NNC(=O)c1cccc([N+](=O)[O-])c1. The zero-order chi connectivity index (χ0) is 19.3. The second-order valence-electron chi connectivity index (χ2n) is 5.14. The summed E-state index contributed by atoms with van der Waals surface area (Å²) < 4.78 is 24.9. The molecule has 0 spiro atoms. The predicted octanol–water partition coefficient (Wildman–Crippen LogP) is 1.04. The first-order chi connectivity index (χ1) is 12.2. The number of nitrogens with zero attached hydrogens (tertiary/aromatic N) is 1. The zero-order valence-corrected chi connectivity index (χ0v) is 14.2. The van der Waals surface area contributed by atoms with Gasteiger partial charge in [0.25, 0.3) is 17.5 Å². The summed E-state index contributed by atoms with van der Waals surface area (Å²) in [7, 11) is -3.60. The van der Waals surface area contributed by atoms with Crippen molar-refractivity contribution >= 4 is 33.2 Å². The van der Waals surface area contributed by atoms with Crippen molar-refractivity contribution in [1.82, 2.24) is 10.9 Å². The predicted molar refractivity (Wildman–Crippen MR) is 92.9 cm³/mol. The van der Waals surface area contributed by atoms with Gasteiger partial charge in [0.1, 0.15) is 0 Å². The molecule has 0 aromatic heterocycles. The van der Waals surface area contributed by atoms with E-state index in [-0.39, 0.29) is 22.5 Å². The van der Waals surface area contributed by atoms with Crippen molar-refractivity contribution in [3.05, 3.63) is 69.8 Å². The summed E-state index contributed by atoms with van der Waals surface area (Å²) in [4.78, 5) is 34.3. The summed E-state index contributed by atoms with van der Waals surface area (Å²) in [6.45, 7) is 0. The molecule has 0 fully saturated rings. The smallest absolute Gasteiger partial charge is 0.271 e. The standard InChI is InChI=1S/C15H14N4O6S/c1-26(24,25)18-13-8-3-2-7-12(13)15(21)17-16-14(20)10-5-4-6-11(9-10)19(22)23/h2-9,18H,1H3,(H,16,20)(H,17,21). The molecule has 11 heteroatoms. The van der Waals surface area contributed by atoms with Crippen molar-refractivity contribution in [3.8, 4) is 0 Å². The van der Waals surface area contributed by atoms with E-state index in [1.807, 2.05) is 0 Å². The maximum atomic E-state index is 12.2. The zero-order valence-electron chi connectivity index (χ0n) is 13.4. The molecule has 3 N–H and O–H groups in total. The van der Waals surface area contributed by atoms with Gasteiger partial charge in [0, 0.05) is 17.7 Å². The molecule has 136 valence electrons. The summed E-state index contributed by atoms with van der Waals surface area (Å²) in [5.74, 6) is -1.54. The maximum Gasteiger partial charge on any atom is 0.271 e. The van der Waals surface area contributed by atoms with E-state index in [4.69, 9.17) is 0 Å². The molecule has 0 saturated heterocycles. The van der Waals surface area contributed by atoms with E-state index in [1.165, 1.54) is 42.5 Å². The molecule has 0 unspecified atom stereocenters. The van der Waals surface area contributed by atoms with Gasteiger partial charge in [-0.2, -0.15) is 0 Å². The maximum absolute atomic E-state index is 12.2. The lowest BCUT2D eigenvalue weighted by Crippen LogP contribution is -2.41. The molecular formula is C15H14N4O6S. The minimum Gasteiger partial charge on any atom is -0.283 e. The van der Waals surface area contributed by atoms with Gasteiger partial charge in [-0.3, -0.25) is 35.3 Å². The minimum absolute atomic E-state index is 0.0164. The van der Waals surface area contributed by atoms with Crippen molar-refractivity contribution in [2.45, 2.75) is 0 Å². The van der Waals surface area contributed by atoms with Crippen LogP contribution in [0.15, 0.2) is 48.5 Å². The Morgan fingerprint density at radius 2 is 1.65 bits per heavy atom. The highest BCUT2D eigenvalue weighted by Gasteiger charge is 2.16. The van der Waals surface area contributed by atoms with Crippen LogP contribution in [0.2, 0.25) is 0 Å². The summed E-state index contributed by atoms with van der Waals surface area (Å²) >= 11 is 0. The van der Waals surface area contributed by atoms with Gasteiger partial charge in [-0.15, -0.1) is 0 Å². The fraction of sp³-hybridized carbons (Fsp3) is 0.0667. The molecule has 0 radical (unpaired) electrons. The van der Waals surface area contributed by atoms with E-state index in [1.54, 1.807) is 0 Å². The molecule has 0 atom stereocenters. The molecule has 0 aliphatic carbocycles. The number of carbonyl (C=O) groups excluding carboxylic acids is 2. The van der Waals surface area contributed by atoms with E-state index in [9.17, 15) is 28.1 Å². The number of anilines is 1. The van der Waals surface area contributed by atoms with Gasteiger partial charge >= 0.3 is 0 Å². The number of hydrogen-bond donors (Lipinski definition) is 3. The van der Waals surface area contributed by atoms with E-state index >= 15 is 0 Å². The van der Waals surface area contributed by atoms with Crippen LogP contribution in [0.3, 0.4) is 0 Å². The average Bonchev–Trinajstić information content (AvgIpc) is 2.58. The number of nitro benzene ring substituents is 1. The third-order valence-electron chi connectivity index (χ3n) is 3.08. The van der Waals surface area contributed by atoms with Crippen LogP contribution in [0.5, 0.6) is 0 Å². The summed E-state index contributed by atoms with van der Waals surface area (Å²) in [6, 6.07) is 10.8. The number of amides is 2. The number of benzene rings is 2. The van der Waals surface area contributed by atoms with Crippen LogP contribution in [-0.4, -0.2) is 31.4 Å². The summed E-state index contributed by atoms with van der Waals surface area (Å²) in [6.07, 6.45) is 0.936. The van der Waals surface area contributed by atoms with Gasteiger partial charge in [-0.25, -0.2) is 8.42 Å². The Labute approximate surface area is 148 Å². The largest absolute Gasteiger partial charge is 0.283 e. The van der Waals surface area contributed by atoms with Crippen LogP contribution in [0.1, 0.15) is 20.7 Å². The Bertz CT molecular complexity index is 974. The molecule has 2 aromatic carbocycles. The number of nitrogens with one attached hydrogen (secondary N) is 3. The van der Waals surface area contributed by atoms with Gasteiger partial charge in [-0.1, -0.05) is 18.2 Å². The highest BCUT2D eigenvalue weighted by atomic mass is 32.2. The first-order valence-electron chi connectivity index (χ1n) is 7.09. The highest BCUT2D eigenvalue weighted by Crippen LogP contribution is 2.16. The Kier molecular flexibility index (Phi) is 5.52. The van der Waals surface area contributed by atoms with E-state index < -0.39 is 26.8 Å². The number of nitro groups is 1. The molecule has 2 amide bonds. The Morgan fingerprint density at radius 1 is 1.00 bits per heavy atom. The minimum atomic E-state index is -3.60. The van der Waals surface area contributed by atoms with Crippen molar-refractivity contribution < 1.29 is 22.9 Å². The van der Waals surface area contributed by atoms with Crippen molar-refractivity contribution in [3.63, 3.8) is 0 Å². The molecule has 26 heavy (non-hydrogen) atoms. The average molecular weight is 378 g/mol. The molecular weight excluding hydrogens is 364 g/mol. The Morgan fingerprint density at radius 3 is 2.31 bits per heavy atom. The number of carbonyl (C=O) groups is 2. The topological polar surface area (TPSA) is 148 Å². The first kappa shape index (κ1) is 18.9. The van der Waals surface area contributed by atoms with Crippen LogP contribution < -0.4 is 15.6 Å². The van der Waals surface area contributed by atoms with Gasteiger partial charge < -0.3 is 0 Å². The van der Waals surface area contributed by atoms with Gasteiger partial charge in [0.15, 0.2) is 0 Å². The molecule has 0 saturated carbocycles. The number of hydrogen-bond acceptors (Lipinski definition) is 6. The second kappa shape index (κ2) is 7.61. The summed E-state index contributed by atoms with van der Waals surface area (Å²) in [5, 5.41) is 10.7. The lowest BCUT2D eigenvalue weighted by atomic mass is 10.2. The molecule has 0 bridgehead atoms. The lowest BCUT2D eigenvalue weighted by molar-refractivity contribution is -0.384. The van der Waals surface area contributed by atoms with Crippen molar-refractivity contribution in [2.75, 3.05) is 11.0 Å². The molecule has 0 heterocycles. The third-order valence-corrected chi connectivity index (χ3v) is 3.67. The third kappa shape index (κ3) is 5.01. The molecule has 10 nitrogen and oxygen atoms in total. The van der Waals surface area contributed by atoms with E-state index in [0.29, 0.717) is 0 Å². The van der Waals surface area contributed by atoms with E-state index in [0.717, 1.165) is 12.3 Å². The number of non-ortho nitro benzene ring substituents is 1. The number of para-hydroxylation sites is 1. The van der Waals surface area contributed by atoms with Gasteiger partial charge in [-0.05, 0) is 18.2 Å². The first-order valence-corrected chi connectivity index (χ1v) is 8.98. The van der Waals surface area contributed by atoms with Crippen LogP contribution >= 0.6 is 0 Å². The number of hydrazine groups is 1. The normalized spacial score (nSPS) is 10.7. The van der Waals surface area contributed by atoms with Crippen molar-refractivity contribution in [2.24, 2.45) is 0 Å². The molecule has 0 aliphatic heterocycles. The summed E-state index contributed by atoms with van der Waals surface area (Å²) in [5.41, 5.74) is 3.97. The van der Waals surface area contributed by atoms with Gasteiger partial charge in [0.05, 0.1) is 22.4 Å². The Hall–Kier alpha value is -3.47. The van der Waals surface area contributed by atoms with Gasteiger partial charge in [0.2, 0.25) is 10.0 Å².